The Morgan fingerprint density at radius 2 is 1.91 bits per heavy atom. The first-order chi connectivity index (χ1) is 10.5. The normalized spacial score (nSPS) is 11.1. The summed E-state index contributed by atoms with van der Waals surface area (Å²) in [5.74, 6) is 1.81. The highest BCUT2D eigenvalue weighted by atomic mass is 16.3. The predicted molar refractivity (Wildman–Crippen MR) is 87.3 cm³/mol. The molecule has 1 heterocycles. The van der Waals surface area contributed by atoms with E-state index in [-0.39, 0.29) is 11.9 Å². The van der Waals surface area contributed by atoms with Crippen LogP contribution < -0.4 is 5.32 Å². The number of benzene rings is 1. The number of carbonyl (C=O) groups is 1. The second kappa shape index (κ2) is 7.80. The van der Waals surface area contributed by atoms with Crippen molar-refractivity contribution in [3.63, 3.8) is 0 Å². The second-order valence-electron chi connectivity index (χ2n) is 5.77. The lowest BCUT2D eigenvalue weighted by Gasteiger charge is -2.24. The zero-order valence-corrected chi connectivity index (χ0v) is 13.5. The van der Waals surface area contributed by atoms with E-state index in [0.29, 0.717) is 19.6 Å². The van der Waals surface area contributed by atoms with Crippen LogP contribution in [0.25, 0.3) is 0 Å². The molecule has 0 aliphatic rings. The minimum absolute atomic E-state index is 0.0285. The van der Waals surface area contributed by atoms with Gasteiger partial charge >= 0.3 is 0 Å². The molecule has 1 aromatic heterocycles. The van der Waals surface area contributed by atoms with Crippen LogP contribution in [0, 0.1) is 6.92 Å². The molecule has 22 heavy (non-hydrogen) atoms. The number of nitrogens with one attached hydrogen (secondary N) is 1. The van der Waals surface area contributed by atoms with Gasteiger partial charge in [-0.2, -0.15) is 0 Å². The van der Waals surface area contributed by atoms with Gasteiger partial charge in [-0.15, -0.1) is 0 Å². The van der Waals surface area contributed by atoms with Crippen molar-refractivity contribution < 1.29 is 9.21 Å². The van der Waals surface area contributed by atoms with Gasteiger partial charge in [-0.1, -0.05) is 30.3 Å². The van der Waals surface area contributed by atoms with Gasteiger partial charge in [0.25, 0.3) is 0 Å². The summed E-state index contributed by atoms with van der Waals surface area (Å²) in [6, 6.07) is 14.1. The predicted octanol–water partition coefficient (Wildman–Crippen LogP) is 3.11. The molecule has 2 rings (SSSR count). The van der Waals surface area contributed by atoms with Crippen LogP contribution in [-0.4, -0.2) is 23.4 Å². The second-order valence-corrected chi connectivity index (χ2v) is 5.77. The maximum absolute atomic E-state index is 12.1. The number of amides is 1. The summed E-state index contributed by atoms with van der Waals surface area (Å²) >= 11 is 0. The van der Waals surface area contributed by atoms with Crippen molar-refractivity contribution in [1.82, 2.24) is 10.2 Å². The quantitative estimate of drug-likeness (QED) is 0.854. The highest BCUT2D eigenvalue weighted by Crippen LogP contribution is 2.11. The lowest BCUT2D eigenvalue weighted by molar-refractivity contribution is -0.123. The highest BCUT2D eigenvalue weighted by molar-refractivity contribution is 5.78. The smallest absolute Gasteiger partial charge is 0.234 e. The van der Waals surface area contributed by atoms with Crippen LogP contribution in [0.4, 0.5) is 0 Å². The Balaban J connectivity index is 1.86. The van der Waals surface area contributed by atoms with Gasteiger partial charge in [0.05, 0.1) is 13.1 Å². The molecular formula is C18H24N2O2. The number of aryl methyl sites for hydroxylation is 1. The summed E-state index contributed by atoms with van der Waals surface area (Å²) in [6.45, 7) is 7.66. The van der Waals surface area contributed by atoms with Crippen molar-refractivity contribution in [1.29, 1.82) is 0 Å². The minimum Gasteiger partial charge on any atom is -0.465 e. The van der Waals surface area contributed by atoms with Gasteiger partial charge in [0.15, 0.2) is 0 Å². The molecular weight excluding hydrogens is 276 g/mol. The van der Waals surface area contributed by atoms with Gasteiger partial charge in [0.2, 0.25) is 5.91 Å². The van der Waals surface area contributed by atoms with E-state index in [1.165, 1.54) is 0 Å². The monoisotopic (exact) mass is 300 g/mol. The van der Waals surface area contributed by atoms with Gasteiger partial charge < -0.3 is 9.73 Å². The fourth-order valence-corrected chi connectivity index (χ4v) is 2.23. The standard InChI is InChI=1S/C18H24N2O2/c1-14(2)20(12-17-10-9-15(3)22-17)13-18(21)19-11-16-7-5-4-6-8-16/h4-10,14H,11-13H2,1-3H3,(H,19,21). The zero-order valence-electron chi connectivity index (χ0n) is 13.5. The Kier molecular flexibility index (Phi) is 5.78. The van der Waals surface area contributed by atoms with Gasteiger partial charge in [-0.05, 0) is 38.5 Å². The number of nitrogens with zero attached hydrogens (tertiary/aromatic N) is 1. The summed E-state index contributed by atoms with van der Waals surface area (Å²) in [5.41, 5.74) is 1.11. The first kappa shape index (κ1) is 16.3. The Hall–Kier alpha value is -2.07. The van der Waals surface area contributed by atoms with E-state index in [1.807, 2.05) is 49.4 Å². The lowest BCUT2D eigenvalue weighted by atomic mass is 10.2. The summed E-state index contributed by atoms with van der Waals surface area (Å²) in [5, 5.41) is 2.96. The number of hydrogen-bond acceptors (Lipinski definition) is 3. The molecule has 1 N–H and O–H groups in total. The molecule has 2 aromatic rings. The van der Waals surface area contributed by atoms with Crippen molar-refractivity contribution in [2.24, 2.45) is 0 Å². The zero-order chi connectivity index (χ0) is 15.9. The van der Waals surface area contributed by atoms with E-state index in [9.17, 15) is 4.79 Å². The molecule has 0 spiro atoms. The topological polar surface area (TPSA) is 45.5 Å². The van der Waals surface area contributed by atoms with Crippen molar-refractivity contribution in [3.8, 4) is 0 Å². The number of furan rings is 1. The molecule has 4 nitrogen and oxygen atoms in total. The molecule has 118 valence electrons. The highest BCUT2D eigenvalue weighted by Gasteiger charge is 2.16. The average Bonchev–Trinajstić information content (AvgIpc) is 2.91. The van der Waals surface area contributed by atoms with E-state index in [2.05, 4.69) is 24.1 Å². The van der Waals surface area contributed by atoms with E-state index < -0.39 is 0 Å². The third-order valence-corrected chi connectivity index (χ3v) is 3.56. The van der Waals surface area contributed by atoms with Gasteiger partial charge in [-0.3, -0.25) is 9.69 Å². The Morgan fingerprint density at radius 3 is 2.50 bits per heavy atom. The van der Waals surface area contributed by atoms with E-state index in [0.717, 1.165) is 17.1 Å². The van der Waals surface area contributed by atoms with Gasteiger partial charge in [0.1, 0.15) is 11.5 Å². The largest absolute Gasteiger partial charge is 0.465 e. The van der Waals surface area contributed by atoms with E-state index in [4.69, 9.17) is 4.42 Å². The molecule has 4 heteroatoms. The molecule has 0 fully saturated rings. The molecule has 0 aliphatic heterocycles. The molecule has 0 aliphatic carbocycles. The summed E-state index contributed by atoms with van der Waals surface area (Å²) < 4.78 is 5.60. The van der Waals surface area contributed by atoms with Crippen LogP contribution in [0.5, 0.6) is 0 Å². The molecule has 0 bridgehead atoms. The minimum atomic E-state index is 0.0285. The van der Waals surface area contributed by atoms with Crippen molar-refractivity contribution in [2.75, 3.05) is 6.54 Å². The maximum Gasteiger partial charge on any atom is 0.234 e. The summed E-state index contributed by atoms with van der Waals surface area (Å²) in [4.78, 5) is 14.2. The Labute approximate surface area is 132 Å². The average molecular weight is 300 g/mol. The molecule has 0 atom stereocenters. The van der Waals surface area contributed by atoms with Gasteiger partial charge in [-0.25, -0.2) is 0 Å². The van der Waals surface area contributed by atoms with Crippen LogP contribution in [0.1, 0.15) is 30.9 Å². The third-order valence-electron chi connectivity index (χ3n) is 3.56. The van der Waals surface area contributed by atoms with Crippen molar-refractivity contribution in [2.45, 2.75) is 39.9 Å². The SMILES string of the molecule is Cc1ccc(CN(CC(=O)NCc2ccccc2)C(C)C)o1. The summed E-state index contributed by atoms with van der Waals surface area (Å²) in [6.07, 6.45) is 0. The molecule has 0 unspecified atom stereocenters. The Morgan fingerprint density at radius 1 is 1.18 bits per heavy atom. The Bertz CT molecular complexity index is 590. The molecule has 1 aromatic carbocycles. The van der Waals surface area contributed by atoms with E-state index >= 15 is 0 Å². The van der Waals surface area contributed by atoms with Crippen molar-refractivity contribution in [3.05, 3.63) is 59.5 Å². The van der Waals surface area contributed by atoms with Crippen LogP contribution in [0.15, 0.2) is 46.9 Å². The first-order valence-corrected chi connectivity index (χ1v) is 7.64. The van der Waals surface area contributed by atoms with Crippen LogP contribution in [0.2, 0.25) is 0 Å². The molecule has 0 radical (unpaired) electrons. The number of carbonyl (C=O) groups excluding carboxylic acids is 1. The fraction of sp³-hybridized carbons (Fsp3) is 0.389. The maximum atomic E-state index is 12.1. The molecule has 1 amide bonds. The molecule has 0 saturated heterocycles. The molecule has 0 saturated carbocycles. The number of rotatable bonds is 7. The first-order valence-electron chi connectivity index (χ1n) is 7.64. The number of hydrogen-bond donors (Lipinski definition) is 1. The van der Waals surface area contributed by atoms with Crippen molar-refractivity contribution >= 4 is 5.91 Å². The lowest BCUT2D eigenvalue weighted by Crippen LogP contribution is -2.40. The van der Waals surface area contributed by atoms with Gasteiger partial charge in [0, 0.05) is 12.6 Å². The van der Waals surface area contributed by atoms with Crippen LogP contribution in [-0.2, 0) is 17.9 Å². The third kappa shape index (κ3) is 5.04. The fourth-order valence-electron chi connectivity index (χ4n) is 2.23. The summed E-state index contributed by atoms with van der Waals surface area (Å²) in [7, 11) is 0. The van der Waals surface area contributed by atoms with Crippen LogP contribution >= 0.6 is 0 Å². The van der Waals surface area contributed by atoms with Crippen LogP contribution in [0.3, 0.4) is 0 Å². The van der Waals surface area contributed by atoms with E-state index in [1.54, 1.807) is 0 Å².